The summed E-state index contributed by atoms with van der Waals surface area (Å²) in [4.78, 5) is 0. The van der Waals surface area contributed by atoms with E-state index < -0.39 is 5.92 Å². The number of ether oxygens (including phenoxy) is 3. The number of H-pyrrole nitrogens is 1. The van der Waals surface area contributed by atoms with E-state index in [-0.39, 0.29) is 11.3 Å². The number of allylic oxidation sites excluding steroid dienone is 1. The van der Waals surface area contributed by atoms with Gasteiger partial charge in [0.2, 0.25) is 11.8 Å². The summed E-state index contributed by atoms with van der Waals surface area (Å²) in [6, 6.07) is 7.66. The number of methoxy groups -OCH3 is 2. The number of nitrogens with two attached hydrogens (primary N) is 1. The van der Waals surface area contributed by atoms with Gasteiger partial charge >= 0.3 is 0 Å². The fourth-order valence-electron chi connectivity index (χ4n) is 3.19. The largest absolute Gasteiger partial charge is 0.497 e. The van der Waals surface area contributed by atoms with Crippen LogP contribution < -0.4 is 19.9 Å². The molecule has 1 aliphatic rings. The number of aromatic nitrogens is 2. The number of hydrogen-bond acceptors (Lipinski definition) is 6. The summed E-state index contributed by atoms with van der Waals surface area (Å²) in [5, 5.41) is 17.1. The van der Waals surface area contributed by atoms with Crippen molar-refractivity contribution < 1.29 is 14.2 Å². The van der Waals surface area contributed by atoms with Crippen LogP contribution in [0.25, 0.3) is 0 Å². The number of nitrogens with zero attached hydrogens (tertiary/aromatic N) is 2. The second-order valence-corrected chi connectivity index (χ2v) is 7.10. The van der Waals surface area contributed by atoms with Crippen molar-refractivity contribution in [3.8, 4) is 23.4 Å². The molecule has 1 aliphatic heterocycles. The quantitative estimate of drug-likeness (QED) is 0.878. The monoisotopic (exact) mass is 354 g/mol. The summed E-state index contributed by atoms with van der Waals surface area (Å²) in [6.07, 6.45) is 0. The van der Waals surface area contributed by atoms with E-state index in [0.29, 0.717) is 23.0 Å². The van der Waals surface area contributed by atoms with Crippen molar-refractivity contribution in [2.45, 2.75) is 32.1 Å². The van der Waals surface area contributed by atoms with Crippen molar-refractivity contribution in [1.82, 2.24) is 10.2 Å². The van der Waals surface area contributed by atoms with Gasteiger partial charge in [0, 0.05) is 16.7 Å². The predicted octanol–water partition coefficient (Wildman–Crippen LogP) is 2.94. The minimum absolute atomic E-state index is 0.0434. The molecule has 3 N–H and O–H groups in total. The number of hydrogen-bond donors (Lipinski definition) is 2. The van der Waals surface area contributed by atoms with Crippen LogP contribution in [0, 0.1) is 11.3 Å². The summed E-state index contributed by atoms with van der Waals surface area (Å²) in [5.41, 5.74) is 8.53. The molecule has 3 rings (SSSR count). The van der Waals surface area contributed by atoms with Crippen LogP contribution in [0.3, 0.4) is 0 Å². The Morgan fingerprint density at radius 2 is 2.00 bits per heavy atom. The van der Waals surface area contributed by atoms with Gasteiger partial charge < -0.3 is 19.9 Å². The lowest BCUT2D eigenvalue weighted by atomic mass is 9.78. The van der Waals surface area contributed by atoms with E-state index in [2.05, 4.69) is 37.0 Å². The number of rotatable bonds is 3. The number of fused-ring (bicyclic) bond motifs is 1. The highest BCUT2D eigenvalue weighted by molar-refractivity contribution is 5.60. The molecule has 0 fully saturated rings. The van der Waals surface area contributed by atoms with Crippen molar-refractivity contribution in [2.75, 3.05) is 14.2 Å². The standard InChI is InChI=1S/C19H22N4O3/c1-19(2,3)16-15-14(11-8-10(24-4)6-7-13(11)25-5)12(9-20)17(21)26-18(15)23-22-16/h6-8,14H,21H2,1-5H3,(H,22,23)/t14-/m1/s1. The van der Waals surface area contributed by atoms with E-state index in [4.69, 9.17) is 19.9 Å². The molecule has 0 amide bonds. The molecule has 7 heteroatoms. The molecule has 0 aliphatic carbocycles. The Bertz CT molecular complexity index is 916. The van der Waals surface area contributed by atoms with E-state index >= 15 is 0 Å². The Morgan fingerprint density at radius 1 is 1.27 bits per heavy atom. The molecule has 2 heterocycles. The zero-order chi connectivity index (χ0) is 19.1. The third-order valence-electron chi connectivity index (χ3n) is 4.44. The van der Waals surface area contributed by atoms with Crippen molar-refractivity contribution in [2.24, 2.45) is 5.73 Å². The first-order chi connectivity index (χ1) is 12.3. The smallest absolute Gasteiger partial charge is 0.244 e. The second kappa shape index (κ2) is 6.30. The first-order valence-corrected chi connectivity index (χ1v) is 8.20. The van der Waals surface area contributed by atoms with E-state index in [1.165, 1.54) is 0 Å². The molecule has 0 spiro atoms. The number of benzene rings is 1. The first-order valence-electron chi connectivity index (χ1n) is 8.20. The van der Waals surface area contributed by atoms with Gasteiger partial charge in [-0.05, 0) is 18.2 Å². The van der Waals surface area contributed by atoms with Gasteiger partial charge in [0.15, 0.2) is 0 Å². The fourth-order valence-corrected chi connectivity index (χ4v) is 3.19. The molecule has 26 heavy (non-hydrogen) atoms. The van der Waals surface area contributed by atoms with Gasteiger partial charge in [-0.2, -0.15) is 5.26 Å². The van der Waals surface area contributed by atoms with Crippen LogP contribution >= 0.6 is 0 Å². The lowest BCUT2D eigenvalue weighted by molar-refractivity contribution is 0.372. The van der Waals surface area contributed by atoms with Crippen LogP contribution in [0.1, 0.15) is 43.5 Å². The Balaban J connectivity index is 2.33. The van der Waals surface area contributed by atoms with E-state index in [0.717, 1.165) is 16.8 Å². The maximum atomic E-state index is 9.77. The topological polar surface area (TPSA) is 106 Å². The molecule has 1 atom stereocenters. The molecule has 2 aromatic rings. The zero-order valence-corrected chi connectivity index (χ0v) is 15.5. The second-order valence-electron chi connectivity index (χ2n) is 7.10. The SMILES string of the molecule is COc1ccc(OC)c([C@@H]2C(C#N)=C(N)Oc3n[nH]c(C(C)(C)C)c32)c1. The maximum Gasteiger partial charge on any atom is 0.244 e. The van der Waals surface area contributed by atoms with Gasteiger partial charge in [-0.15, -0.1) is 5.10 Å². The Labute approximate surface area is 152 Å². The van der Waals surface area contributed by atoms with Gasteiger partial charge in [0.05, 0.1) is 25.7 Å². The van der Waals surface area contributed by atoms with Gasteiger partial charge in [0.1, 0.15) is 23.1 Å². The van der Waals surface area contributed by atoms with Gasteiger partial charge in [-0.3, -0.25) is 5.10 Å². The average molecular weight is 354 g/mol. The van der Waals surface area contributed by atoms with Crippen LogP contribution in [-0.2, 0) is 5.41 Å². The molecular weight excluding hydrogens is 332 g/mol. The first kappa shape index (κ1) is 17.7. The maximum absolute atomic E-state index is 9.77. The summed E-state index contributed by atoms with van der Waals surface area (Å²) < 4.78 is 16.5. The molecule has 0 radical (unpaired) electrons. The highest BCUT2D eigenvalue weighted by Crippen LogP contribution is 2.48. The van der Waals surface area contributed by atoms with Crippen molar-refractivity contribution in [3.05, 3.63) is 46.5 Å². The van der Waals surface area contributed by atoms with Crippen molar-refractivity contribution in [1.29, 1.82) is 5.26 Å². The average Bonchev–Trinajstić information content (AvgIpc) is 3.03. The molecule has 136 valence electrons. The molecule has 1 aromatic heterocycles. The van der Waals surface area contributed by atoms with Crippen LogP contribution in [0.2, 0.25) is 0 Å². The third-order valence-corrected chi connectivity index (χ3v) is 4.44. The van der Waals surface area contributed by atoms with E-state index in [9.17, 15) is 5.26 Å². The number of nitriles is 1. The molecule has 0 bridgehead atoms. The molecule has 1 aromatic carbocycles. The normalized spacial score (nSPS) is 16.5. The minimum atomic E-state index is -0.471. The highest BCUT2D eigenvalue weighted by atomic mass is 16.5. The van der Waals surface area contributed by atoms with Crippen molar-refractivity contribution in [3.63, 3.8) is 0 Å². The zero-order valence-electron chi connectivity index (χ0n) is 15.5. The summed E-state index contributed by atoms with van der Waals surface area (Å²) in [5.74, 6) is 1.24. The number of nitrogens with one attached hydrogen (secondary N) is 1. The van der Waals surface area contributed by atoms with Crippen LogP contribution in [-0.4, -0.2) is 24.4 Å². The predicted molar refractivity (Wildman–Crippen MR) is 96.1 cm³/mol. The van der Waals surface area contributed by atoms with Gasteiger partial charge in [-0.1, -0.05) is 20.8 Å². The molecular formula is C19H22N4O3. The Hall–Kier alpha value is -3.14. The molecule has 0 saturated carbocycles. The lowest BCUT2D eigenvalue weighted by Gasteiger charge is -2.28. The van der Waals surface area contributed by atoms with E-state index in [1.54, 1.807) is 14.2 Å². The molecule has 0 saturated heterocycles. The van der Waals surface area contributed by atoms with Crippen LogP contribution in [0.15, 0.2) is 29.7 Å². The highest BCUT2D eigenvalue weighted by Gasteiger charge is 2.39. The summed E-state index contributed by atoms with van der Waals surface area (Å²) in [6.45, 7) is 6.19. The van der Waals surface area contributed by atoms with Crippen LogP contribution in [0.5, 0.6) is 17.4 Å². The molecule has 7 nitrogen and oxygen atoms in total. The van der Waals surface area contributed by atoms with Crippen LogP contribution in [0.4, 0.5) is 0 Å². The Kier molecular flexibility index (Phi) is 4.28. The van der Waals surface area contributed by atoms with Gasteiger partial charge in [0.25, 0.3) is 0 Å². The lowest BCUT2D eigenvalue weighted by Crippen LogP contribution is -2.24. The summed E-state index contributed by atoms with van der Waals surface area (Å²) in [7, 11) is 3.18. The van der Waals surface area contributed by atoms with Gasteiger partial charge in [-0.25, -0.2) is 0 Å². The minimum Gasteiger partial charge on any atom is -0.497 e. The third kappa shape index (κ3) is 2.73. The summed E-state index contributed by atoms with van der Waals surface area (Å²) >= 11 is 0. The molecule has 0 unspecified atom stereocenters. The fraction of sp³-hybridized carbons (Fsp3) is 0.368. The Morgan fingerprint density at radius 3 is 2.58 bits per heavy atom. The number of aromatic amines is 1. The van der Waals surface area contributed by atoms with E-state index in [1.807, 2.05) is 18.2 Å². The van der Waals surface area contributed by atoms with Crippen molar-refractivity contribution >= 4 is 0 Å².